The van der Waals surface area contributed by atoms with Gasteiger partial charge in [-0.1, -0.05) is 12.1 Å². The Morgan fingerprint density at radius 2 is 1.75 bits per heavy atom. The molecule has 0 bridgehead atoms. The number of benzene rings is 2. The van der Waals surface area contributed by atoms with Gasteiger partial charge in [0.1, 0.15) is 5.82 Å². The van der Waals surface area contributed by atoms with Crippen LogP contribution in [0.15, 0.2) is 47.4 Å². The highest BCUT2D eigenvalue weighted by molar-refractivity contribution is 7.89. The van der Waals surface area contributed by atoms with Crippen LogP contribution in [0.2, 0.25) is 0 Å². The van der Waals surface area contributed by atoms with Gasteiger partial charge in [-0.3, -0.25) is 9.59 Å². The zero-order valence-corrected chi connectivity index (χ0v) is 16.0. The lowest BCUT2D eigenvalue weighted by atomic mass is 10.1. The summed E-state index contributed by atoms with van der Waals surface area (Å²) in [5.74, 6) is -1.97. The third-order valence-electron chi connectivity index (χ3n) is 4.34. The minimum atomic E-state index is -3.88. The third-order valence-corrected chi connectivity index (χ3v) is 6.24. The smallest absolute Gasteiger partial charge is 0.258 e. The van der Waals surface area contributed by atoms with Gasteiger partial charge in [-0.15, -0.1) is 0 Å². The fourth-order valence-corrected chi connectivity index (χ4v) is 4.30. The van der Waals surface area contributed by atoms with Crippen LogP contribution in [0.1, 0.15) is 27.6 Å². The molecule has 0 aliphatic carbocycles. The first-order valence-corrected chi connectivity index (χ1v) is 10.0. The van der Waals surface area contributed by atoms with Crippen LogP contribution in [0.5, 0.6) is 0 Å². The van der Waals surface area contributed by atoms with Gasteiger partial charge in [-0.25, -0.2) is 12.8 Å². The molecule has 0 saturated carbocycles. The second-order valence-corrected chi connectivity index (χ2v) is 8.15. The van der Waals surface area contributed by atoms with Crippen molar-refractivity contribution in [2.45, 2.75) is 11.8 Å². The van der Waals surface area contributed by atoms with Crippen molar-refractivity contribution >= 4 is 27.4 Å². The Hall–Kier alpha value is -2.62. The second kappa shape index (κ2) is 8.17. The molecule has 1 aliphatic heterocycles. The Balaban J connectivity index is 1.91. The number of nitrogens with one attached hydrogen (secondary N) is 1. The van der Waals surface area contributed by atoms with E-state index in [1.54, 1.807) is 12.1 Å². The molecule has 28 heavy (non-hydrogen) atoms. The number of Topliss-reactive ketones (excluding diaryl/α,β-unsaturated/α-hetero) is 1. The zero-order valence-electron chi connectivity index (χ0n) is 15.1. The molecule has 1 aliphatic rings. The molecular weight excluding hydrogens is 387 g/mol. The summed E-state index contributed by atoms with van der Waals surface area (Å²) in [5, 5.41) is 2.48. The molecule has 9 heteroatoms. The zero-order chi connectivity index (χ0) is 20.3. The molecule has 0 spiro atoms. The number of halogens is 1. The van der Waals surface area contributed by atoms with Crippen LogP contribution in [-0.2, 0) is 14.8 Å². The van der Waals surface area contributed by atoms with Crippen molar-refractivity contribution in [3.05, 3.63) is 59.4 Å². The van der Waals surface area contributed by atoms with Crippen molar-refractivity contribution in [3.8, 4) is 0 Å². The number of amides is 1. The van der Waals surface area contributed by atoms with Gasteiger partial charge in [-0.2, -0.15) is 4.31 Å². The Morgan fingerprint density at radius 3 is 2.43 bits per heavy atom. The summed E-state index contributed by atoms with van der Waals surface area (Å²) < 4.78 is 46.1. The molecule has 2 aromatic rings. The van der Waals surface area contributed by atoms with Gasteiger partial charge < -0.3 is 10.1 Å². The molecule has 1 amide bonds. The Kier molecular flexibility index (Phi) is 5.87. The summed E-state index contributed by atoms with van der Waals surface area (Å²) in [6.45, 7) is 2.27. The SMILES string of the molecule is CC(=O)c1ccccc1NC(=O)c1cc(S(=O)(=O)N2CCOCC2)ccc1F. The lowest BCUT2D eigenvalue weighted by molar-refractivity contribution is 0.0730. The first-order chi connectivity index (χ1) is 13.3. The van der Waals surface area contributed by atoms with E-state index in [9.17, 15) is 22.4 Å². The minimum Gasteiger partial charge on any atom is -0.379 e. The number of ether oxygens (including phenoxy) is 1. The van der Waals surface area contributed by atoms with Crippen molar-refractivity contribution in [3.63, 3.8) is 0 Å². The molecule has 0 unspecified atom stereocenters. The first kappa shape index (κ1) is 20.1. The van der Waals surface area contributed by atoms with Crippen LogP contribution >= 0.6 is 0 Å². The number of morpholine rings is 1. The first-order valence-electron chi connectivity index (χ1n) is 8.59. The summed E-state index contributed by atoms with van der Waals surface area (Å²) in [6, 6.07) is 9.39. The summed E-state index contributed by atoms with van der Waals surface area (Å²) in [6.07, 6.45) is 0. The number of hydrogen-bond acceptors (Lipinski definition) is 5. The molecular formula is C19H19FN2O5S. The normalized spacial score (nSPS) is 15.2. The number of sulfonamides is 1. The number of anilines is 1. The van der Waals surface area contributed by atoms with Crippen LogP contribution in [0.3, 0.4) is 0 Å². The van der Waals surface area contributed by atoms with E-state index < -0.39 is 27.3 Å². The molecule has 3 rings (SSSR count). The van der Waals surface area contributed by atoms with Gasteiger partial charge in [0.25, 0.3) is 5.91 Å². The maximum absolute atomic E-state index is 14.3. The van der Waals surface area contributed by atoms with Gasteiger partial charge in [0.05, 0.1) is 29.4 Å². The van der Waals surface area contributed by atoms with Crippen LogP contribution in [0.4, 0.5) is 10.1 Å². The quantitative estimate of drug-likeness (QED) is 0.769. The predicted octanol–water partition coefficient (Wildman–Crippen LogP) is 2.30. The van der Waals surface area contributed by atoms with Gasteiger partial charge >= 0.3 is 0 Å². The molecule has 1 N–H and O–H groups in total. The number of carbonyl (C=O) groups is 2. The fraction of sp³-hybridized carbons (Fsp3) is 0.263. The number of ketones is 1. The number of rotatable bonds is 5. The maximum Gasteiger partial charge on any atom is 0.258 e. The number of para-hydroxylation sites is 1. The standard InChI is InChI=1S/C19H19FN2O5S/c1-13(23)15-4-2-3-5-18(15)21-19(24)16-12-14(6-7-17(16)20)28(25,26)22-8-10-27-11-9-22/h2-7,12H,8-11H2,1H3,(H,21,24). The lowest BCUT2D eigenvalue weighted by Crippen LogP contribution is -2.40. The van der Waals surface area contributed by atoms with Crippen LogP contribution in [0.25, 0.3) is 0 Å². The van der Waals surface area contributed by atoms with Gasteiger partial charge in [0.15, 0.2) is 5.78 Å². The van der Waals surface area contributed by atoms with E-state index in [4.69, 9.17) is 4.74 Å². The van der Waals surface area contributed by atoms with Crippen molar-refractivity contribution in [1.29, 1.82) is 0 Å². The van der Waals surface area contributed by atoms with Crippen molar-refractivity contribution in [2.24, 2.45) is 0 Å². The molecule has 1 fully saturated rings. The third kappa shape index (κ3) is 4.11. The highest BCUT2D eigenvalue weighted by Crippen LogP contribution is 2.22. The molecule has 1 heterocycles. The molecule has 2 aromatic carbocycles. The molecule has 1 saturated heterocycles. The van der Waals surface area contributed by atoms with Gasteiger partial charge in [-0.05, 0) is 37.3 Å². The fourth-order valence-electron chi connectivity index (χ4n) is 2.86. The summed E-state index contributed by atoms with van der Waals surface area (Å²) in [7, 11) is -3.88. The second-order valence-electron chi connectivity index (χ2n) is 6.21. The van der Waals surface area contributed by atoms with E-state index in [2.05, 4.69) is 5.32 Å². The summed E-state index contributed by atoms with van der Waals surface area (Å²) in [5.41, 5.74) is 0.0712. The lowest BCUT2D eigenvalue weighted by Gasteiger charge is -2.26. The Labute approximate surface area is 162 Å². The van der Waals surface area contributed by atoms with Crippen LogP contribution in [0, 0.1) is 5.82 Å². The largest absolute Gasteiger partial charge is 0.379 e. The van der Waals surface area contributed by atoms with E-state index in [1.807, 2.05) is 0 Å². The Bertz CT molecular complexity index is 1020. The molecule has 0 radical (unpaired) electrons. The molecule has 148 valence electrons. The number of hydrogen-bond donors (Lipinski definition) is 1. The average Bonchev–Trinajstić information content (AvgIpc) is 2.69. The van der Waals surface area contributed by atoms with E-state index in [0.717, 1.165) is 18.2 Å². The van der Waals surface area contributed by atoms with Crippen LogP contribution < -0.4 is 5.32 Å². The van der Waals surface area contributed by atoms with E-state index in [1.165, 1.54) is 23.4 Å². The molecule has 0 atom stereocenters. The van der Waals surface area contributed by atoms with E-state index in [0.29, 0.717) is 0 Å². The topological polar surface area (TPSA) is 92.8 Å². The average molecular weight is 406 g/mol. The molecule has 0 aromatic heterocycles. The maximum atomic E-state index is 14.3. The monoisotopic (exact) mass is 406 g/mol. The van der Waals surface area contributed by atoms with Crippen molar-refractivity contribution < 1.29 is 27.1 Å². The summed E-state index contributed by atoms with van der Waals surface area (Å²) >= 11 is 0. The summed E-state index contributed by atoms with van der Waals surface area (Å²) in [4.78, 5) is 24.1. The predicted molar refractivity (Wildman–Crippen MR) is 100 cm³/mol. The highest BCUT2D eigenvalue weighted by Gasteiger charge is 2.28. The number of carbonyl (C=O) groups excluding carboxylic acids is 2. The Morgan fingerprint density at radius 1 is 1.07 bits per heavy atom. The van der Waals surface area contributed by atoms with Gasteiger partial charge in [0, 0.05) is 18.7 Å². The van der Waals surface area contributed by atoms with E-state index >= 15 is 0 Å². The number of nitrogens with zero attached hydrogens (tertiary/aromatic N) is 1. The van der Waals surface area contributed by atoms with Crippen molar-refractivity contribution in [1.82, 2.24) is 4.31 Å². The molecule has 7 nitrogen and oxygen atoms in total. The minimum absolute atomic E-state index is 0.180. The van der Waals surface area contributed by atoms with E-state index in [-0.39, 0.29) is 48.2 Å². The van der Waals surface area contributed by atoms with Crippen molar-refractivity contribution in [2.75, 3.05) is 31.6 Å². The van der Waals surface area contributed by atoms with Gasteiger partial charge in [0.2, 0.25) is 10.0 Å². The van der Waals surface area contributed by atoms with Crippen LogP contribution in [-0.4, -0.2) is 50.7 Å². The highest BCUT2D eigenvalue weighted by atomic mass is 32.2.